The average Bonchev–Trinajstić information content (AvgIpc) is 2.37. The van der Waals surface area contributed by atoms with Crippen molar-refractivity contribution < 1.29 is 0 Å². The summed E-state index contributed by atoms with van der Waals surface area (Å²) in [6.45, 7) is 14.8. The van der Waals surface area contributed by atoms with Gasteiger partial charge in [-0.25, -0.2) is 4.98 Å². The molecule has 0 radical (unpaired) electrons. The maximum Gasteiger partial charge on any atom is 0.147 e. The van der Waals surface area contributed by atoms with Gasteiger partial charge in [0.2, 0.25) is 0 Å². The van der Waals surface area contributed by atoms with Gasteiger partial charge in [-0.3, -0.25) is 4.98 Å². The Balaban J connectivity index is 2.81. The summed E-state index contributed by atoms with van der Waals surface area (Å²) in [6, 6.07) is 0.491. The van der Waals surface area contributed by atoms with E-state index in [1.165, 1.54) is 0 Å². The molecule has 0 aliphatic heterocycles. The Hall–Kier alpha value is -1.16. The fourth-order valence-electron chi connectivity index (χ4n) is 1.89. The van der Waals surface area contributed by atoms with Crippen molar-refractivity contribution in [1.29, 1.82) is 0 Å². The topological polar surface area (TPSA) is 41.1 Å². The summed E-state index contributed by atoms with van der Waals surface area (Å²) in [4.78, 5) is 11.3. The van der Waals surface area contributed by atoms with Crippen LogP contribution in [0, 0.1) is 0 Å². The molecular formula is C15H28N4. The van der Waals surface area contributed by atoms with Crippen molar-refractivity contribution in [3.63, 3.8) is 0 Å². The molecule has 0 aliphatic carbocycles. The lowest BCUT2D eigenvalue weighted by molar-refractivity contribution is 0.420. The van der Waals surface area contributed by atoms with E-state index < -0.39 is 0 Å². The Morgan fingerprint density at radius 3 is 2.47 bits per heavy atom. The Labute approximate surface area is 117 Å². The van der Waals surface area contributed by atoms with Gasteiger partial charge in [-0.1, -0.05) is 6.92 Å². The molecule has 0 fully saturated rings. The molecular weight excluding hydrogens is 236 g/mol. The van der Waals surface area contributed by atoms with Crippen molar-refractivity contribution >= 4 is 5.82 Å². The zero-order chi connectivity index (χ0) is 14.5. The standard InChI is InChI=1S/C15H28N4/c1-7-12(3)19(8-2)14-11-16-9-13(18-14)10-17-15(4,5)6/h9,11-12,17H,7-8,10H2,1-6H3. The van der Waals surface area contributed by atoms with E-state index in [9.17, 15) is 0 Å². The smallest absolute Gasteiger partial charge is 0.147 e. The lowest BCUT2D eigenvalue weighted by Crippen LogP contribution is -2.36. The molecule has 108 valence electrons. The Morgan fingerprint density at radius 1 is 1.26 bits per heavy atom. The third kappa shape index (κ3) is 5.15. The van der Waals surface area contributed by atoms with Gasteiger partial charge < -0.3 is 10.2 Å². The van der Waals surface area contributed by atoms with Gasteiger partial charge in [0.15, 0.2) is 0 Å². The largest absolute Gasteiger partial charge is 0.353 e. The van der Waals surface area contributed by atoms with Crippen LogP contribution in [0.2, 0.25) is 0 Å². The summed E-state index contributed by atoms with van der Waals surface area (Å²) in [5.74, 6) is 0.977. The molecule has 1 rings (SSSR count). The van der Waals surface area contributed by atoms with Gasteiger partial charge in [0.25, 0.3) is 0 Å². The molecule has 1 N–H and O–H groups in total. The minimum absolute atomic E-state index is 0.0961. The molecule has 19 heavy (non-hydrogen) atoms. The fraction of sp³-hybridized carbons (Fsp3) is 0.733. The second-order valence-electron chi connectivity index (χ2n) is 6.02. The predicted molar refractivity (Wildman–Crippen MR) is 81.4 cm³/mol. The zero-order valence-corrected chi connectivity index (χ0v) is 13.2. The Morgan fingerprint density at radius 2 is 1.95 bits per heavy atom. The lowest BCUT2D eigenvalue weighted by atomic mass is 10.1. The SMILES string of the molecule is CCC(C)N(CC)c1cncc(CNC(C)(C)C)n1. The molecule has 0 saturated heterocycles. The van der Waals surface area contributed by atoms with Crippen LogP contribution in [0.1, 0.15) is 53.7 Å². The van der Waals surface area contributed by atoms with E-state index in [0.29, 0.717) is 6.04 Å². The van der Waals surface area contributed by atoms with Gasteiger partial charge in [-0.05, 0) is 41.0 Å². The van der Waals surface area contributed by atoms with Crippen molar-refractivity contribution in [1.82, 2.24) is 15.3 Å². The molecule has 0 amide bonds. The minimum atomic E-state index is 0.0961. The zero-order valence-electron chi connectivity index (χ0n) is 13.2. The van der Waals surface area contributed by atoms with Crippen LogP contribution in [0.4, 0.5) is 5.82 Å². The number of rotatable bonds is 6. The van der Waals surface area contributed by atoms with Crippen LogP contribution in [0.25, 0.3) is 0 Å². The molecule has 4 heteroatoms. The maximum absolute atomic E-state index is 4.72. The van der Waals surface area contributed by atoms with Crippen molar-refractivity contribution in [2.75, 3.05) is 11.4 Å². The molecule has 0 bridgehead atoms. The molecule has 1 atom stereocenters. The molecule has 1 heterocycles. The molecule has 1 aromatic heterocycles. The minimum Gasteiger partial charge on any atom is -0.353 e. The number of anilines is 1. The summed E-state index contributed by atoms with van der Waals surface area (Å²) in [7, 11) is 0. The first-order valence-corrected chi connectivity index (χ1v) is 7.20. The molecule has 0 aliphatic rings. The van der Waals surface area contributed by atoms with Crippen molar-refractivity contribution in [3.05, 3.63) is 18.1 Å². The summed E-state index contributed by atoms with van der Waals surface area (Å²) < 4.78 is 0. The Kier molecular flexibility index (Phi) is 5.73. The van der Waals surface area contributed by atoms with Crippen LogP contribution in [0.15, 0.2) is 12.4 Å². The van der Waals surface area contributed by atoms with Crippen LogP contribution in [-0.2, 0) is 6.54 Å². The van der Waals surface area contributed by atoms with E-state index in [0.717, 1.165) is 31.0 Å². The van der Waals surface area contributed by atoms with Crippen LogP contribution < -0.4 is 10.2 Å². The summed E-state index contributed by atoms with van der Waals surface area (Å²) in [5, 5.41) is 3.44. The normalized spacial score (nSPS) is 13.4. The van der Waals surface area contributed by atoms with Gasteiger partial charge >= 0.3 is 0 Å². The molecule has 0 aromatic carbocycles. The van der Waals surface area contributed by atoms with Crippen LogP contribution >= 0.6 is 0 Å². The van der Waals surface area contributed by atoms with Gasteiger partial charge in [-0.2, -0.15) is 0 Å². The molecule has 0 saturated carbocycles. The number of aromatic nitrogens is 2. The molecule has 0 spiro atoms. The highest BCUT2D eigenvalue weighted by molar-refractivity contribution is 5.37. The second kappa shape index (κ2) is 6.85. The van der Waals surface area contributed by atoms with Gasteiger partial charge in [0.1, 0.15) is 5.82 Å². The number of hydrogen-bond acceptors (Lipinski definition) is 4. The van der Waals surface area contributed by atoms with E-state index in [1.54, 1.807) is 0 Å². The maximum atomic E-state index is 4.72. The number of hydrogen-bond donors (Lipinski definition) is 1. The highest BCUT2D eigenvalue weighted by atomic mass is 15.2. The Bertz CT molecular complexity index is 384. The van der Waals surface area contributed by atoms with Gasteiger partial charge in [0, 0.05) is 30.9 Å². The summed E-state index contributed by atoms with van der Waals surface area (Å²) >= 11 is 0. The first-order chi connectivity index (χ1) is 8.87. The average molecular weight is 264 g/mol. The van der Waals surface area contributed by atoms with Crippen molar-refractivity contribution in [2.45, 2.75) is 66.1 Å². The lowest BCUT2D eigenvalue weighted by Gasteiger charge is -2.28. The quantitative estimate of drug-likeness (QED) is 0.857. The predicted octanol–water partition coefficient (Wildman–Crippen LogP) is 2.99. The van der Waals surface area contributed by atoms with E-state index in [-0.39, 0.29) is 5.54 Å². The van der Waals surface area contributed by atoms with E-state index in [2.05, 4.69) is 56.7 Å². The third-order valence-electron chi connectivity index (χ3n) is 3.23. The molecule has 1 unspecified atom stereocenters. The van der Waals surface area contributed by atoms with Crippen LogP contribution in [0.3, 0.4) is 0 Å². The second-order valence-corrected chi connectivity index (χ2v) is 6.02. The fourth-order valence-corrected chi connectivity index (χ4v) is 1.89. The van der Waals surface area contributed by atoms with E-state index >= 15 is 0 Å². The number of nitrogens with zero attached hydrogens (tertiary/aromatic N) is 3. The van der Waals surface area contributed by atoms with Crippen LogP contribution in [-0.4, -0.2) is 28.1 Å². The van der Waals surface area contributed by atoms with Crippen LogP contribution in [0.5, 0.6) is 0 Å². The molecule has 1 aromatic rings. The third-order valence-corrected chi connectivity index (χ3v) is 3.23. The number of nitrogens with one attached hydrogen (secondary N) is 1. The summed E-state index contributed by atoms with van der Waals surface area (Å²) in [5.41, 5.74) is 1.09. The van der Waals surface area contributed by atoms with Crippen molar-refractivity contribution in [2.24, 2.45) is 0 Å². The monoisotopic (exact) mass is 264 g/mol. The highest BCUT2D eigenvalue weighted by Gasteiger charge is 2.14. The van der Waals surface area contributed by atoms with Crippen molar-refractivity contribution in [3.8, 4) is 0 Å². The highest BCUT2D eigenvalue weighted by Crippen LogP contribution is 2.15. The summed E-state index contributed by atoms with van der Waals surface area (Å²) in [6.07, 6.45) is 4.81. The molecule has 4 nitrogen and oxygen atoms in total. The van der Waals surface area contributed by atoms with E-state index in [4.69, 9.17) is 4.98 Å². The first kappa shape index (κ1) is 15.9. The first-order valence-electron chi connectivity index (χ1n) is 7.20. The van der Waals surface area contributed by atoms with Gasteiger partial charge in [-0.15, -0.1) is 0 Å². The van der Waals surface area contributed by atoms with Gasteiger partial charge in [0.05, 0.1) is 11.9 Å². The van der Waals surface area contributed by atoms with E-state index in [1.807, 2.05) is 12.4 Å².